The molecule has 2 heterocycles. The Hall–Kier alpha value is -1.12. The van der Waals surface area contributed by atoms with E-state index < -0.39 is 0 Å². The number of hydrogen-bond donors (Lipinski definition) is 0. The summed E-state index contributed by atoms with van der Waals surface area (Å²) in [6, 6.07) is 2.61. The molecule has 3 nitrogen and oxygen atoms in total. The molecule has 58 valence electrons. The average molecular weight is 149 g/mol. The topological polar surface area (TPSA) is 29.0 Å². The van der Waals surface area contributed by atoms with Gasteiger partial charge in [0.2, 0.25) is 0 Å². The number of nitrogens with zero attached hydrogens (tertiary/aromatic N) is 3. The molecule has 0 aromatic carbocycles. The standard InChI is InChI=1S/C8H11N3/c1-7-3-5-11(7)8-2-4-9-6-10-8/h2,4,6-7H,3,5H2,1H3. The largest absolute Gasteiger partial charge is 0.354 e. The normalized spacial score (nSPS) is 23.0. The van der Waals surface area contributed by atoms with Gasteiger partial charge in [-0.1, -0.05) is 0 Å². The number of hydrogen-bond acceptors (Lipinski definition) is 3. The highest BCUT2D eigenvalue weighted by Crippen LogP contribution is 2.22. The molecule has 0 amide bonds. The molecular weight excluding hydrogens is 138 g/mol. The highest BCUT2D eigenvalue weighted by molar-refractivity contribution is 5.40. The quantitative estimate of drug-likeness (QED) is 0.598. The van der Waals surface area contributed by atoms with E-state index in [-0.39, 0.29) is 0 Å². The molecule has 1 saturated heterocycles. The first-order chi connectivity index (χ1) is 5.38. The maximum atomic E-state index is 4.17. The maximum Gasteiger partial charge on any atom is 0.132 e. The Morgan fingerprint density at radius 1 is 1.64 bits per heavy atom. The Morgan fingerprint density at radius 2 is 2.55 bits per heavy atom. The van der Waals surface area contributed by atoms with Gasteiger partial charge in [0, 0.05) is 18.8 Å². The van der Waals surface area contributed by atoms with E-state index in [0.717, 1.165) is 12.4 Å². The van der Waals surface area contributed by atoms with Crippen molar-refractivity contribution in [1.29, 1.82) is 0 Å². The summed E-state index contributed by atoms with van der Waals surface area (Å²) in [5.74, 6) is 1.05. The van der Waals surface area contributed by atoms with Crippen LogP contribution in [-0.2, 0) is 0 Å². The summed E-state index contributed by atoms with van der Waals surface area (Å²) in [5, 5.41) is 0. The van der Waals surface area contributed by atoms with E-state index in [1.54, 1.807) is 12.5 Å². The minimum Gasteiger partial charge on any atom is -0.354 e. The second kappa shape index (κ2) is 2.49. The van der Waals surface area contributed by atoms with Crippen LogP contribution in [0.5, 0.6) is 0 Å². The number of rotatable bonds is 1. The van der Waals surface area contributed by atoms with Gasteiger partial charge in [-0.25, -0.2) is 9.97 Å². The van der Waals surface area contributed by atoms with Gasteiger partial charge in [0.25, 0.3) is 0 Å². The summed E-state index contributed by atoms with van der Waals surface area (Å²) in [4.78, 5) is 10.3. The fraction of sp³-hybridized carbons (Fsp3) is 0.500. The first kappa shape index (κ1) is 6.58. The van der Waals surface area contributed by atoms with E-state index in [1.807, 2.05) is 6.07 Å². The summed E-state index contributed by atoms with van der Waals surface area (Å²) in [6.45, 7) is 3.35. The lowest BCUT2D eigenvalue weighted by atomic mass is 10.1. The third-order valence-electron chi connectivity index (χ3n) is 2.18. The first-order valence-corrected chi connectivity index (χ1v) is 3.90. The predicted molar refractivity (Wildman–Crippen MR) is 43.5 cm³/mol. The monoisotopic (exact) mass is 149 g/mol. The zero-order valence-corrected chi connectivity index (χ0v) is 6.57. The van der Waals surface area contributed by atoms with Crippen LogP contribution in [0.2, 0.25) is 0 Å². The predicted octanol–water partition coefficient (Wildman–Crippen LogP) is 1.08. The summed E-state index contributed by atoms with van der Waals surface area (Å²) in [7, 11) is 0. The number of anilines is 1. The molecule has 0 aliphatic carbocycles. The molecule has 0 spiro atoms. The van der Waals surface area contributed by atoms with Gasteiger partial charge >= 0.3 is 0 Å². The van der Waals surface area contributed by atoms with Gasteiger partial charge in [-0.05, 0) is 19.4 Å². The van der Waals surface area contributed by atoms with E-state index >= 15 is 0 Å². The molecule has 3 heteroatoms. The van der Waals surface area contributed by atoms with Gasteiger partial charge in [-0.15, -0.1) is 0 Å². The maximum absolute atomic E-state index is 4.17. The van der Waals surface area contributed by atoms with Crippen molar-refractivity contribution in [2.24, 2.45) is 0 Å². The number of aromatic nitrogens is 2. The summed E-state index contributed by atoms with van der Waals surface area (Å²) >= 11 is 0. The van der Waals surface area contributed by atoms with Gasteiger partial charge in [0.15, 0.2) is 0 Å². The van der Waals surface area contributed by atoms with Gasteiger partial charge in [-0.3, -0.25) is 0 Å². The van der Waals surface area contributed by atoms with Crippen LogP contribution in [0.15, 0.2) is 18.6 Å². The van der Waals surface area contributed by atoms with Crippen molar-refractivity contribution in [3.63, 3.8) is 0 Å². The molecule has 0 bridgehead atoms. The lowest BCUT2D eigenvalue weighted by molar-refractivity contribution is 0.476. The van der Waals surface area contributed by atoms with Crippen LogP contribution in [0.25, 0.3) is 0 Å². The third kappa shape index (κ3) is 1.06. The molecule has 2 rings (SSSR count). The van der Waals surface area contributed by atoms with Crippen molar-refractivity contribution in [2.75, 3.05) is 11.4 Å². The molecule has 1 aliphatic rings. The van der Waals surface area contributed by atoms with Crippen LogP contribution in [0.1, 0.15) is 13.3 Å². The van der Waals surface area contributed by atoms with Crippen LogP contribution >= 0.6 is 0 Å². The second-order valence-corrected chi connectivity index (χ2v) is 2.90. The van der Waals surface area contributed by atoms with Crippen LogP contribution in [0.4, 0.5) is 5.82 Å². The highest BCUT2D eigenvalue weighted by Gasteiger charge is 2.23. The molecule has 1 unspecified atom stereocenters. The first-order valence-electron chi connectivity index (χ1n) is 3.90. The van der Waals surface area contributed by atoms with Crippen molar-refractivity contribution in [2.45, 2.75) is 19.4 Å². The van der Waals surface area contributed by atoms with Crippen molar-refractivity contribution in [3.8, 4) is 0 Å². The van der Waals surface area contributed by atoms with E-state index in [2.05, 4.69) is 21.8 Å². The molecule has 11 heavy (non-hydrogen) atoms. The second-order valence-electron chi connectivity index (χ2n) is 2.90. The minimum absolute atomic E-state index is 0.657. The molecule has 0 N–H and O–H groups in total. The Bertz CT molecular complexity index is 234. The lowest BCUT2D eigenvalue weighted by Gasteiger charge is -2.39. The van der Waals surface area contributed by atoms with Gasteiger partial charge in [0.05, 0.1) is 0 Å². The summed E-state index contributed by atoms with van der Waals surface area (Å²) in [6.07, 6.45) is 4.66. The Morgan fingerprint density at radius 3 is 3.00 bits per heavy atom. The Balaban J connectivity index is 2.17. The molecule has 1 atom stereocenters. The molecule has 1 aromatic rings. The van der Waals surface area contributed by atoms with E-state index in [9.17, 15) is 0 Å². The van der Waals surface area contributed by atoms with E-state index in [1.165, 1.54) is 6.42 Å². The third-order valence-corrected chi connectivity index (χ3v) is 2.18. The fourth-order valence-corrected chi connectivity index (χ4v) is 1.31. The molecule has 0 saturated carbocycles. The van der Waals surface area contributed by atoms with Gasteiger partial charge in [-0.2, -0.15) is 0 Å². The van der Waals surface area contributed by atoms with Crippen LogP contribution in [-0.4, -0.2) is 22.6 Å². The van der Waals surface area contributed by atoms with Crippen molar-refractivity contribution in [3.05, 3.63) is 18.6 Å². The smallest absolute Gasteiger partial charge is 0.132 e. The lowest BCUT2D eigenvalue weighted by Crippen LogP contribution is -2.46. The minimum atomic E-state index is 0.657. The van der Waals surface area contributed by atoms with Crippen molar-refractivity contribution in [1.82, 2.24) is 9.97 Å². The zero-order valence-electron chi connectivity index (χ0n) is 6.57. The summed E-state index contributed by atoms with van der Waals surface area (Å²) < 4.78 is 0. The molecule has 1 fully saturated rings. The van der Waals surface area contributed by atoms with Crippen LogP contribution in [0, 0.1) is 0 Å². The van der Waals surface area contributed by atoms with Crippen molar-refractivity contribution >= 4 is 5.82 Å². The molecular formula is C8H11N3. The summed E-state index contributed by atoms with van der Waals surface area (Å²) in [5.41, 5.74) is 0. The van der Waals surface area contributed by atoms with Gasteiger partial charge < -0.3 is 4.90 Å². The zero-order chi connectivity index (χ0) is 7.68. The highest BCUT2D eigenvalue weighted by atomic mass is 15.3. The SMILES string of the molecule is CC1CCN1c1ccncn1. The fourth-order valence-electron chi connectivity index (χ4n) is 1.31. The van der Waals surface area contributed by atoms with Crippen LogP contribution in [0.3, 0.4) is 0 Å². The van der Waals surface area contributed by atoms with Gasteiger partial charge in [0.1, 0.15) is 12.1 Å². The average Bonchev–Trinajstić information content (AvgIpc) is 2.04. The molecule has 1 aliphatic heterocycles. The Kier molecular flexibility index (Phi) is 1.49. The Labute approximate surface area is 66.1 Å². The molecule has 0 radical (unpaired) electrons. The van der Waals surface area contributed by atoms with E-state index in [0.29, 0.717) is 6.04 Å². The van der Waals surface area contributed by atoms with E-state index in [4.69, 9.17) is 0 Å². The van der Waals surface area contributed by atoms with Crippen LogP contribution < -0.4 is 4.90 Å². The van der Waals surface area contributed by atoms with Crippen molar-refractivity contribution < 1.29 is 0 Å². The molecule has 1 aromatic heterocycles.